The second-order valence-corrected chi connectivity index (χ2v) is 8.47. The molecule has 1 atom stereocenters. The molecule has 1 fully saturated rings. The van der Waals surface area contributed by atoms with E-state index in [4.69, 9.17) is 4.74 Å². The van der Waals surface area contributed by atoms with Gasteiger partial charge in [0.1, 0.15) is 0 Å². The number of sulfonamides is 1. The Hall–Kier alpha value is -2.46. The van der Waals surface area contributed by atoms with Crippen molar-refractivity contribution in [2.75, 3.05) is 20.1 Å². The number of aryl methyl sites for hydroxylation is 1. The van der Waals surface area contributed by atoms with Crippen LogP contribution in [-0.2, 0) is 19.6 Å². The van der Waals surface area contributed by atoms with Crippen LogP contribution >= 0.6 is 0 Å². The Morgan fingerprint density at radius 1 is 1.14 bits per heavy atom. The van der Waals surface area contributed by atoms with Gasteiger partial charge in [-0.2, -0.15) is 4.31 Å². The lowest BCUT2D eigenvalue weighted by molar-refractivity contribution is -0.127. The van der Waals surface area contributed by atoms with Crippen molar-refractivity contribution in [3.63, 3.8) is 0 Å². The van der Waals surface area contributed by atoms with Crippen LogP contribution in [0.4, 0.5) is 4.79 Å². The van der Waals surface area contributed by atoms with Gasteiger partial charge in [0.05, 0.1) is 10.5 Å². The molecule has 2 N–H and O–H groups in total. The van der Waals surface area contributed by atoms with Crippen LogP contribution < -0.4 is 10.6 Å². The molecule has 0 bridgehead atoms. The maximum atomic E-state index is 12.9. The summed E-state index contributed by atoms with van der Waals surface area (Å²) in [5, 5.41) is 4.22. The molecule has 10 heteroatoms. The van der Waals surface area contributed by atoms with Gasteiger partial charge in [0, 0.05) is 20.1 Å². The number of rotatable bonds is 5. The molecule has 1 aliphatic heterocycles. The topological polar surface area (TPSA) is 122 Å². The summed E-state index contributed by atoms with van der Waals surface area (Å²) in [4.78, 5) is 35.4. The van der Waals surface area contributed by atoms with Crippen LogP contribution in [0.2, 0.25) is 0 Å². The number of hydrogen-bond acceptors (Lipinski definition) is 6. The highest BCUT2D eigenvalue weighted by molar-refractivity contribution is 7.89. The molecule has 1 aliphatic rings. The summed E-state index contributed by atoms with van der Waals surface area (Å²) in [7, 11) is -2.38. The third kappa shape index (κ3) is 5.08. The molecule has 0 spiro atoms. The number of nitrogens with zero attached hydrogens (tertiary/aromatic N) is 1. The van der Waals surface area contributed by atoms with E-state index in [1.165, 1.54) is 36.5 Å². The Labute approximate surface area is 164 Å². The summed E-state index contributed by atoms with van der Waals surface area (Å²) in [5.41, 5.74) is 0.535. The zero-order valence-electron chi connectivity index (χ0n) is 16.1. The summed E-state index contributed by atoms with van der Waals surface area (Å²) in [6, 6.07) is 3.52. The van der Waals surface area contributed by atoms with Crippen molar-refractivity contribution >= 4 is 27.9 Å². The molecular formula is C18H25N3O6S. The van der Waals surface area contributed by atoms with Gasteiger partial charge < -0.3 is 10.1 Å². The van der Waals surface area contributed by atoms with Gasteiger partial charge in [-0.15, -0.1) is 0 Å². The molecular weight excluding hydrogens is 386 g/mol. The van der Waals surface area contributed by atoms with Crippen molar-refractivity contribution in [3.8, 4) is 0 Å². The average Bonchev–Trinajstić information content (AvgIpc) is 2.68. The van der Waals surface area contributed by atoms with Crippen LogP contribution in [-0.4, -0.2) is 56.9 Å². The molecule has 1 heterocycles. The molecule has 0 aliphatic carbocycles. The predicted molar refractivity (Wildman–Crippen MR) is 101 cm³/mol. The Kier molecular flexibility index (Phi) is 7.14. The molecule has 2 rings (SSSR count). The Morgan fingerprint density at radius 3 is 2.39 bits per heavy atom. The Morgan fingerprint density at radius 2 is 1.79 bits per heavy atom. The lowest BCUT2D eigenvalue weighted by Gasteiger charge is -2.26. The van der Waals surface area contributed by atoms with E-state index in [0.29, 0.717) is 18.7 Å². The largest absolute Gasteiger partial charge is 0.449 e. The van der Waals surface area contributed by atoms with E-state index in [0.717, 1.165) is 19.3 Å². The molecule has 0 saturated carbocycles. The molecule has 9 nitrogen and oxygen atoms in total. The summed E-state index contributed by atoms with van der Waals surface area (Å²) < 4.78 is 32.3. The van der Waals surface area contributed by atoms with Crippen molar-refractivity contribution in [2.45, 2.75) is 44.1 Å². The monoisotopic (exact) mass is 411 g/mol. The quantitative estimate of drug-likeness (QED) is 0.702. The molecule has 1 aromatic rings. The fourth-order valence-electron chi connectivity index (χ4n) is 2.81. The second kappa shape index (κ2) is 9.16. The third-order valence-electron chi connectivity index (χ3n) is 4.47. The average molecular weight is 411 g/mol. The summed E-state index contributed by atoms with van der Waals surface area (Å²) in [6.07, 6.45) is 1.37. The lowest BCUT2D eigenvalue weighted by atomic mass is 10.1. The van der Waals surface area contributed by atoms with Gasteiger partial charge in [-0.25, -0.2) is 18.0 Å². The Bertz CT molecular complexity index is 862. The van der Waals surface area contributed by atoms with Gasteiger partial charge in [-0.3, -0.25) is 10.1 Å². The standard InChI is InChI=1S/C18H25N3O6S/c1-12-7-8-14(17(23)27-13(2)16(22)20-18(24)19-3)11-15(12)28(25,26)21-9-5-4-6-10-21/h7-8,11,13H,4-6,9-10H2,1-3H3,(H2,19,20,22,24). The first kappa shape index (κ1) is 21.8. The highest BCUT2D eigenvalue weighted by atomic mass is 32.2. The number of esters is 1. The van der Waals surface area contributed by atoms with E-state index in [-0.39, 0.29) is 10.5 Å². The van der Waals surface area contributed by atoms with Crippen molar-refractivity contribution in [1.82, 2.24) is 14.9 Å². The highest BCUT2D eigenvalue weighted by Crippen LogP contribution is 2.24. The molecule has 1 unspecified atom stereocenters. The zero-order chi connectivity index (χ0) is 20.9. The minimum absolute atomic E-state index is 0.0146. The number of urea groups is 1. The predicted octanol–water partition coefficient (Wildman–Crippen LogP) is 1.17. The van der Waals surface area contributed by atoms with Gasteiger partial charge in [0.2, 0.25) is 10.0 Å². The number of nitrogens with one attached hydrogen (secondary N) is 2. The van der Waals surface area contributed by atoms with Crippen LogP contribution in [0.1, 0.15) is 42.1 Å². The van der Waals surface area contributed by atoms with Crippen molar-refractivity contribution < 1.29 is 27.5 Å². The minimum Gasteiger partial charge on any atom is -0.449 e. The van der Waals surface area contributed by atoms with E-state index in [2.05, 4.69) is 5.32 Å². The number of hydrogen-bond donors (Lipinski definition) is 2. The fourth-order valence-corrected chi connectivity index (χ4v) is 4.58. The number of benzene rings is 1. The number of carbonyl (C=O) groups is 3. The fraction of sp³-hybridized carbons (Fsp3) is 0.500. The summed E-state index contributed by atoms with van der Waals surface area (Å²) >= 11 is 0. The first-order valence-electron chi connectivity index (χ1n) is 9.01. The number of imide groups is 1. The van der Waals surface area contributed by atoms with E-state index >= 15 is 0 Å². The molecule has 154 valence electrons. The number of piperidine rings is 1. The van der Waals surface area contributed by atoms with E-state index in [9.17, 15) is 22.8 Å². The molecule has 3 amide bonds. The van der Waals surface area contributed by atoms with E-state index in [1.54, 1.807) is 6.92 Å². The van der Waals surface area contributed by atoms with Crippen molar-refractivity contribution in [3.05, 3.63) is 29.3 Å². The highest BCUT2D eigenvalue weighted by Gasteiger charge is 2.29. The van der Waals surface area contributed by atoms with Crippen LogP contribution in [0.5, 0.6) is 0 Å². The van der Waals surface area contributed by atoms with E-state index in [1.807, 2.05) is 5.32 Å². The SMILES string of the molecule is CNC(=O)NC(=O)C(C)OC(=O)c1ccc(C)c(S(=O)(=O)N2CCCCC2)c1. The maximum absolute atomic E-state index is 12.9. The van der Waals surface area contributed by atoms with Crippen LogP contribution in [0.15, 0.2) is 23.1 Å². The molecule has 1 aromatic carbocycles. The van der Waals surface area contributed by atoms with Gasteiger partial charge in [0.25, 0.3) is 5.91 Å². The van der Waals surface area contributed by atoms with Crippen LogP contribution in [0, 0.1) is 6.92 Å². The molecule has 28 heavy (non-hydrogen) atoms. The lowest BCUT2D eigenvalue weighted by Crippen LogP contribution is -2.43. The molecule has 1 saturated heterocycles. The van der Waals surface area contributed by atoms with Crippen LogP contribution in [0.3, 0.4) is 0 Å². The zero-order valence-corrected chi connectivity index (χ0v) is 17.0. The molecule has 0 aromatic heterocycles. The normalized spacial score (nSPS) is 16.1. The minimum atomic E-state index is -3.72. The summed E-state index contributed by atoms with van der Waals surface area (Å²) in [5.74, 6) is -1.64. The summed E-state index contributed by atoms with van der Waals surface area (Å²) in [6.45, 7) is 3.88. The number of carbonyl (C=O) groups excluding carboxylic acids is 3. The van der Waals surface area contributed by atoms with Gasteiger partial charge in [-0.1, -0.05) is 12.5 Å². The van der Waals surface area contributed by atoms with E-state index < -0.39 is 34.0 Å². The Balaban J connectivity index is 2.18. The van der Waals surface area contributed by atoms with Crippen molar-refractivity contribution in [2.24, 2.45) is 0 Å². The number of ether oxygens (including phenoxy) is 1. The maximum Gasteiger partial charge on any atom is 0.338 e. The molecule has 0 radical (unpaired) electrons. The van der Waals surface area contributed by atoms with Crippen LogP contribution in [0.25, 0.3) is 0 Å². The van der Waals surface area contributed by atoms with Crippen molar-refractivity contribution in [1.29, 1.82) is 0 Å². The van der Waals surface area contributed by atoms with Gasteiger partial charge in [-0.05, 0) is 44.4 Å². The first-order valence-corrected chi connectivity index (χ1v) is 10.4. The van der Waals surface area contributed by atoms with Gasteiger partial charge in [0.15, 0.2) is 6.10 Å². The number of amides is 3. The second-order valence-electron chi connectivity index (χ2n) is 6.56. The smallest absolute Gasteiger partial charge is 0.338 e. The first-order chi connectivity index (χ1) is 13.2. The third-order valence-corrected chi connectivity index (χ3v) is 6.51. The van der Waals surface area contributed by atoms with Gasteiger partial charge >= 0.3 is 12.0 Å².